The number of alkyl halides is 1. The van der Waals surface area contributed by atoms with Crippen LogP contribution >= 0.6 is 0 Å². The second kappa shape index (κ2) is 7.48. The minimum Gasteiger partial charge on any atom is -0.336 e. The lowest BCUT2D eigenvalue weighted by atomic mass is 9.51. The van der Waals surface area contributed by atoms with Crippen LogP contribution < -0.4 is 5.73 Å². The summed E-state index contributed by atoms with van der Waals surface area (Å²) in [6, 6.07) is 11.1. The van der Waals surface area contributed by atoms with E-state index < -0.39 is 23.1 Å². The van der Waals surface area contributed by atoms with E-state index in [9.17, 15) is 14.0 Å². The maximum Gasteiger partial charge on any atom is 0.254 e. The van der Waals surface area contributed by atoms with E-state index in [2.05, 4.69) is 0 Å². The highest BCUT2D eigenvalue weighted by atomic mass is 19.1. The number of Topliss-reactive ketones (excluding diaryl/α,β-unsaturated/α-hetero) is 1. The first kappa shape index (κ1) is 21.3. The lowest BCUT2D eigenvalue weighted by molar-refractivity contribution is -0.126. The Hall–Kier alpha value is -2.60. The second-order valence-corrected chi connectivity index (χ2v) is 10.2. The van der Waals surface area contributed by atoms with Crippen LogP contribution in [0.5, 0.6) is 0 Å². The summed E-state index contributed by atoms with van der Waals surface area (Å²) < 4.78 is 28.8. The molecule has 1 amide bonds. The first-order valence-electron chi connectivity index (χ1n) is 11.3. The van der Waals surface area contributed by atoms with Gasteiger partial charge in [-0.3, -0.25) is 9.59 Å². The molecule has 0 spiro atoms. The molecule has 168 valence electrons. The third-order valence-electron chi connectivity index (χ3n) is 7.88. The Morgan fingerprint density at radius 2 is 1.69 bits per heavy atom. The van der Waals surface area contributed by atoms with Gasteiger partial charge in [0.2, 0.25) is 0 Å². The monoisotopic (exact) mass is 438 g/mol. The van der Waals surface area contributed by atoms with Crippen LogP contribution in [0.3, 0.4) is 0 Å². The number of carbonyl (C=O) groups is 2. The number of hydrogen-bond acceptors (Lipinski definition) is 3. The van der Waals surface area contributed by atoms with Crippen LogP contribution in [0.25, 0.3) is 0 Å². The molecular formula is C26H28F2N2O2. The normalized spacial score (nSPS) is 31.4. The first-order chi connectivity index (χ1) is 15.2. The van der Waals surface area contributed by atoms with Crippen molar-refractivity contribution in [3.8, 4) is 0 Å². The summed E-state index contributed by atoms with van der Waals surface area (Å²) in [7, 11) is 1.80. The molecule has 6 rings (SSSR count). The van der Waals surface area contributed by atoms with Crippen LogP contribution in [0, 0.1) is 17.7 Å². The van der Waals surface area contributed by atoms with Gasteiger partial charge < -0.3 is 10.6 Å². The number of nitrogens with zero attached hydrogens (tertiary/aromatic N) is 1. The highest BCUT2D eigenvalue weighted by molar-refractivity contribution is 6.00. The predicted molar refractivity (Wildman–Crippen MR) is 117 cm³/mol. The molecule has 2 N–H and O–H groups in total. The van der Waals surface area contributed by atoms with E-state index in [1.807, 2.05) is 0 Å². The average Bonchev–Trinajstić information content (AvgIpc) is 2.75. The maximum atomic E-state index is 15.3. The molecule has 4 nitrogen and oxygen atoms in total. The van der Waals surface area contributed by atoms with E-state index >= 15 is 4.39 Å². The summed E-state index contributed by atoms with van der Waals surface area (Å²) in [6.45, 7) is 0. The Morgan fingerprint density at radius 1 is 1.03 bits per heavy atom. The summed E-state index contributed by atoms with van der Waals surface area (Å²) in [5, 5.41) is 0. The molecule has 4 aliphatic carbocycles. The Balaban J connectivity index is 1.33. The zero-order valence-electron chi connectivity index (χ0n) is 18.2. The van der Waals surface area contributed by atoms with Crippen LogP contribution in [-0.4, -0.2) is 34.8 Å². The first-order valence-corrected chi connectivity index (χ1v) is 11.3. The molecule has 0 saturated heterocycles. The van der Waals surface area contributed by atoms with Gasteiger partial charge in [-0.2, -0.15) is 0 Å². The zero-order valence-corrected chi connectivity index (χ0v) is 18.2. The number of nitrogens with two attached hydrogens (primary N) is 1. The fraction of sp³-hybridized carbons (Fsp3) is 0.462. The van der Waals surface area contributed by atoms with Crippen molar-refractivity contribution in [1.29, 1.82) is 0 Å². The fourth-order valence-corrected chi connectivity index (χ4v) is 6.71. The number of hydrogen-bond donors (Lipinski definition) is 1. The number of halogens is 2. The summed E-state index contributed by atoms with van der Waals surface area (Å²) in [5.41, 5.74) is 5.83. The fourth-order valence-electron chi connectivity index (χ4n) is 6.71. The lowest BCUT2D eigenvalue weighted by Gasteiger charge is -2.61. The molecule has 0 aliphatic heterocycles. The largest absolute Gasteiger partial charge is 0.336 e. The van der Waals surface area contributed by atoms with Crippen molar-refractivity contribution in [2.24, 2.45) is 17.6 Å². The van der Waals surface area contributed by atoms with Crippen molar-refractivity contribution in [2.45, 2.75) is 55.8 Å². The van der Waals surface area contributed by atoms with Gasteiger partial charge in [-0.1, -0.05) is 24.3 Å². The topological polar surface area (TPSA) is 63.4 Å². The van der Waals surface area contributed by atoms with Crippen molar-refractivity contribution in [3.05, 3.63) is 71.0 Å². The van der Waals surface area contributed by atoms with Crippen LogP contribution in [0.4, 0.5) is 8.78 Å². The third-order valence-corrected chi connectivity index (χ3v) is 7.88. The van der Waals surface area contributed by atoms with Crippen LogP contribution in [0.2, 0.25) is 0 Å². The molecule has 32 heavy (non-hydrogen) atoms. The van der Waals surface area contributed by atoms with Crippen molar-refractivity contribution in [3.63, 3.8) is 0 Å². The standard InChI is InChI=1S/C26H28F2N2O2/c1-30(26-13-16-9-17(14-26)12-25(28,11-16)15-26)24(32)19-7-5-18(6-8-19)22(29)23(31)20-3-2-4-21(27)10-20/h2-8,10,16-17,22H,9,11-15,29H2,1H3. The number of rotatable bonds is 5. The summed E-state index contributed by atoms with van der Waals surface area (Å²) in [4.78, 5) is 27.7. The summed E-state index contributed by atoms with van der Waals surface area (Å²) >= 11 is 0. The van der Waals surface area contributed by atoms with Gasteiger partial charge in [-0.25, -0.2) is 8.78 Å². The molecule has 2 aromatic rings. The predicted octanol–water partition coefficient (Wildman–Crippen LogP) is 4.84. The van der Waals surface area contributed by atoms with E-state index in [-0.39, 0.29) is 17.3 Å². The maximum absolute atomic E-state index is 15.3. The van der Waals surface area contributed by atoms with Gasteiger partial charge in [0, 0.05) is 30.1 Å². The van der Waals surface area contributed by atoms with Gasteiger partial charge in [0.25, 0.3) is 5.91 Å². The van der Waals surface area contributed by atoms with Crippen molar-refractivity contribution in [1.82, 2.24) is 4.90 Å². The Kier molecular flexibility index (Phi) is 4.97. The molecule has 3 atom stereocenters. The van der Waals surface area contributed by atoms with Gasteiger partial charge in [-0.15, -0.1) is 0 Å². The van der Waals surface area contributed by atoms with E-state index in [1.54, 1.807) is 36.2 Å². The second-order valence-electron chi connectivity index (χ2n) is 10.2. The molecule has 4 aliphatic rings. The summed E-state index contributed by atoms with van der Waals surface area (Å²) in [5.74, 6) is -0.280. The number of ketones is 1. The van der Waals surface area contributed by atoms with Gasteiger partial charge in [0.1, 0.15) is 11.5 Å². The zero-order chi connectivity index (χ0) is 22.7. The van der Waals surface area contributed by atoms with E-state index in [1.165, 1.54) is 18.2 Å². The SMILES string of the molecule is CN(C(=O)c1ccc(C(N)C(=O)c2cccc(F)c2)cc1)C12CC3CC(CC(F)(C3)C1)C2. The van der Waals surface area contributed by atoms with E-state index in [0.717, 1.165) is 25.3 Å². The number of amides is 1. The van der Waals surface area contributed by atoms with Crippen LogP contribution in [-0.2, 0) is 0 Å². The van der Waals surface area contributed by atoms with Gasteiger partial charge in [0.15, 0.2) is 5.78 Å². The molecule has 2 aromatic carbocycles. The van der Waals surface area contributed by atoms with Gasteiger partial charge in [0.05, 0.1) is 6.04 Å². The smallest absolute Gasteiger partial charge is 0.254 e. The molecular weight excluding hydrogens is 410 g/mol. The van der Waals surface area contributed by atoms with E-state index in [4.69, 9.17) is 5.73 Å². The third kappa shape index (κ3) is 3.54. The summed E-state index contributed by atoms with van der Waals surface area (Å²) in [6.07, 6.45) is 4.55. The number of carbonyl (C=O) groups excluding carboxylic acids is 2. The molecule has 0 radical (unpaired) electrons. The van der Waals surface area contributed by atoms with Crippen LogP contribution in [0.15, 0.2) is 48.5 Å². The molecule has 4 bridgehead atoms. The quantitative estimate of drug-likeness (QED) is 0.680. The van der Waals surface area contributed by atoms with Crippen LogP contribution in [0.1, 0.15) is 70.8 Å². The molecule has 0 aromatic heterocycles. The van der Waals surface area contributed by atoms with Gasteiger partial charge in [-0.05, 0) is 73.8 Å². The Morgan fingerprint density at radius 3 is 2.28 bits per heavy atom. The van der Waals surface area contributed by atoms with Crippen molar-refractivity contribution in [2.75, 3.05) is 7.05 Å². The molecule has 4 fully saturated rings. The molecule has 3 unspecified atom stereocenters. The Labute approximate surface area is 186 Å². The highest BCUT2D eigenvalue weighted by Gasteiger charge is 2.60. The molecule has 0 heterocycles. The minimum atomic E-state index is -1.13. The lowest BCUT2D eigenvalue weighted by Crippen LogP contribution is -2.64. The Bertz CT molecular complexity index is 1050. The van der Waals surface area contributed by atoms with Gasteiger partial charge >= 0.3 is 0 Å². The van der Waals surface area contributed by atoms with Crippen molar-refractivity contribution < 1.29 is 18.4 Å². The minimum absolute atomic E-state index is 0.132. The average molecular weight is 439 g/mol. The van der Waals surface area contributed by atoms with Crippen molar-refractivity contribution >= 4 is 11.7 Å². The molecule has 6 heteroatoms. The highest BCUT2D eigenvalue weighted by Crippen LogP contribution is 2.60. The number of benzene rings is 2. The van der Waals surface area contributed by atoms with E-state index in [0.29, 0.717) is 42.2 Å². The molecule has 4 saturated carbocycles.